The highest BCUT2D eigenvalue weighted by Crippen LogP contribution is 2.48. The van der Waals surface area contributed by atoms with E-state index in [-0.39, 0.29) is 30.5 Å². The summed E-state index contributed by atoms with van der Waals surface area (Å²) in [5.74, 6) is -1.51. The molecule has 3 aromatic rings. The van der Waals surface area contributed by atoms with Crippen molar-refractivity contribution in [3.05, 3.63) is 113 Å². The van der Waals surface area contributed by atoms with Crippen LogP contribution in [0.15, 0.2) is 90.1 Å². The van der Waals surface area contributed by atoms with E-state index in [9.17, 15) is 14.3 Å². The van der Waals surface area contributed by atoms with Crippen molar-refractivity contribution in [1.29, 1.82) is 0 Å². The number of amides is 1. The summed E-state index contributed by atoms with van der Waals surface area (Å²) in [5.41, 5.74) is 3.06. The number of alkyl halides is 1. The molecule has 0 fully saturated rings. The molecule has 0 spiro atoms. The minimum absolute atomic E-state index is 0.0339. The van der Waals surface area contributed by atoms with E-state index < -0.39 is 16.7 Å². The van der Waals surface area contributed by atoms with Crippen LogP contribution < -0.4 is 0 Å². The minimum atomic E-state index is -1.82. The maximum Gasteiger partial charge on any atom is 0.254 e. The molecule has 1 atom stereocenters. The van der Waals surface area contributed by atoms with Crippen LogP contribution >= 0.6 is 11.6 Å². The van der Waals surface area contributed by atoms with Gasteiger partial charge in [0.1, 0.15) is 6.61 Å². The Bertz CT molecular complexity index is 1270. The fourth-order valence-corrected chi connectivity index (χ4v) is 5.10. The number of hydroxylamine groups is 2. The summed E-state index contributed by atoms with van der Waals surface area (Å²) in [4.78, 5) is 21.8. The van der Waals surface area contributed by atoms with Crippen LogP contribution in [0.1, 0.15) is 43.9 Å². The largest absolute Gasteiger partial charge is 0.504 e. The quantitative estimate of drug-likeness (QED) is 0.250. The molecule has 5 nitrogen and oxygen atoms in total. The van der Waals surface area contributed by atoms with Crippen molar-refractivity contribution in [1.82, 2.24) is 9.96 Å². The number of nitrogens with zero attached hydrogens (tertiary/aromatic N) is 2. The summed E-state index contributed by atoms with van der Waals surface area (Å²) in [6, 6.07) is 23.5. The lowest BCUT2D eigenvalue weighted by atomic mass is 9.95. The molecular weight excluding hydrogens is 491 g/mol. The number of carbonyl (C=O) groups is 1. The van der Waals surface area contributed by atoms with Crippen molar-refractivity contribution in [2.75, 3.05) is 6.54 Å². The van der Waals surface area contributed by atoms with Gasteiger partial charge in [-0.2, -0.15) is 0 Å². The third-order valence-electron chi connectivity index (χ3n) is 6.48. The van der Waals surface area contributed by atoms with Crippen molar-refractivity contribution in [3.63, 3.8) is 0 Å². The Morgan fingerprint density at radius 2 is 1.59 bits per heavy atom. The van der Waals surface area contributed by atoms with Crippen LogP contribution in [-0.4, -0.2) is 27.5 Å². The first-order chi connectivity index (χ1) is 17.7. The van der Waals surface area contributed by atoms with Gasteiger partial charge >= 0.3 is 0 Å². The summed E-state index contributed by atoms with van der Waals surface area (Å²) in [7, 11) is 0. The third-order valence-corrected chi connectivity index (χ3v) is 7.04. The van der Waals surface area contributed by atoms with Gasteiger partial charge in [0, 0.05) is 12.1 Å². The molecule has 7 heteroatoms. The molecule has 0 bridgehead atoms. The normalized spacial score (nSPS) is 18.2. The summed E-state index contributed by atoms with van der Waals surface area (Å²) in [6.07, 6.45) is 1.03. The van der Waals surface area contributed by atoms with Gasteiger partial charge in [-0.25, -0.2) is 9.45 Å². The SMILES string of the molecule is CC1=C(CC(C)C)C(=O)N(CCc2ccccc2)C(Cl)(c2cccc(F)c2O)N1OCc1ccccc1. The number of benzene rings is 3. The lowest BCUT2D eigenvalue weighted by Gasteiger charge is -2.51. The zero-order chi connectivity index (χ0) is 26.6. The average Bonchev–Trinajstić information content (AvgIpc) is 2.89. The summed E-state index contributed by atoms with van der Waals surface area (Å²) in [5, 5.41) is 10.4. The Morgan fingerprint density at radius 3 is 2.22 bits per heavy atom. The van der Waals surface area contributed by atoms with Gasteiger partial charge in [0.2, 0.25) is 5.12 Å². The molecule has 3 aromatic carbocycles. The number of phenols is 1. The second-order valence-corrected chi connectivity index (χ2v) is 10.2. The number of rotatable bonds is 9. The molecule has 0 aliphatic carbocycles. The third kappa shape index (κ3) is 5.50. The van der Waals surface area contributed by atoms with Crippen molar-refractivity contribution in [2.24, 2.45) is 5.92 Å². The van der Waals surface area contributed by atoms with Crippen LogP contribution in [0.4, 0.5) is 4.39 Å². The summed E-state index contributed by atoms with van der Waals surface area (Å²) < 4.78 is 14.6. The molecule has 1 heterocycles. The molecule has 0 aromatic heterocycles. The van der Waals surface area contributed by atoms with Gasteiger partial charge in [0.05, 0.1) is 11.3 Å². The van der Waals surface area contributed by atoms with E-state index in [1.807, 2.05) is 74.5 Å². The van der Waals surface area contributed by atoms with Gasteiger partial charge in [0.25, 0.3) is 5.91 Å². The van der Waals surface area contributed by atoms with Crippen molar-refractivity contribution in [3.8, 4) is 5.75 Å². The van der Waals surface area contributed by atoms with Crippen molar-refractivity contribution >= 4 is 17.5 Å². The first kappa shape index (κ1) is 26.7. The average molecular weight is 523 g/mol. The second-order valence-electron chi connectivity index (χ2n) is 9.63. The standard InChI is InChI=1S/C30H32ClFN2O3/c1-21(2)19-25-22(3)34(37-20-24-13-8-5-9-14-24)30(31,26-15-10-16-27(32)28(26)35)33(29(25)36)18-17-23-11-6-4-7-12-23/h4-16,21,35H,17-20H2,1-3H3. The van der Waals surface area contributed by atoms with Crippen LogP contribution in [0.3, 0.4) is 0 Å². The number of halogens is 2. The number of hydrogen-bond acceptors (Lipinski definition) is 4. The zero-order valence-corrected chi connectivity index (χ0v) is 22.1. The minimum Gasteiger partial charge on any atom is -0.504 e. The number of hydrogen-bond donors (Lipinski definition) is 1. The van der Waals surface area contributed by atoms with E-state index >= 15 is 0 Å². The monoisotopic (exact) mass is 522 g/mol. The molecule has 4 rings (SSSR count). The number of carbonyl (C=O) groups excluding carboxylic acids is 1. The fraction of sp³-hybridized carbons (Fsp3) is 0.300. The maximum absolute atomic E-state index is 14.6. The van der Waals surface area contributed by atoms with E-state index in [4.69, 9.17) is 16.4 Å². The first-order valence-electron chi connectivity index (χ1n) is 12.4. The van der Waals surface area contributed by atoms with Crippen molar-refractivity contribution in [2.45, 2.75) is 45.3 Å². The topological polar surface area (TPSA) is 53.0 Å². The van der Waals surface area contributed by atoms with E-state index in [0.717, 1.165) is 17.2 Å². The molecule has 1 aliphatic heterocycles. The smallest absolute Gasteiger partial charge is 0.254 e. The zero-order valence-electron chi connectivity index (χ0n) is 21.3. The van der Waals surface area contributed by atoms with E-state index in [1.165, 1.54) is 22.1 Å². The number of phenolic OH excluding ortho intramolecular Hbond substituents is 1. The highest BCUT2D eigenvalue weighted by Gasteiger charge is 2.53. The van der Waals surface area contributed by atoms with Gasteiger partial charge in [-0.15, -0.1) is 0 Å². The molecule has 1 aliphatic rings. The van der Waals surface area contributed by atoms with Gasteiger partial charge in [-0.3, -0.25) is 14.5 Å². The second kappa shape index (κ2) is 11.4. The predicted octanol–water partition coefficient (Wildman–Crippen LogP) is 6.72. The van der Waals surface area contributed by atoms with Gasteiger partial charge < -0.3 is 5.11 Å². The van der Waals surface area contributed by atoms with Crippen LogP contribution in [0.25, 0.3) is 0 Å². The predicted molar refractivity (Wildman–Crippen MR) is 143 cm³/mol. The molecule has 194 valence electrons. The van der Waals surface area contributed by atoms with Crippen LogP contribution in [0, 0.1) is 11.7 Å². The van der Waals surface area contributed by atoms with Gasteiger partial charge in [-0.05, 0) is 48.9 Å². The number of aromatic hydroxyl groups is 1. The van der Waals surface area contributed by atoms with E-state index in [0.29, 0.717) is 24.1 Å². The Balaban J connectivity index is 1.85. The molecule has 1 N–H and O–H groups in total. The Labute approximate surface area is 222 Å². The van der Waals surface area contributed by atoms with Gasteiger partial charge in [-0.1, -0.05) is 92.2 Å². The molecule has 0 radical (unpaired) electrons. The fourth-order valence-electron chi connectivity index (χ4n) is 4.61. The lowest BCUT2D eigenvalue weighted by molar-refractivity contribution is -0.231. The highest BCUT2D eigenvalue weighted by atomic mass is 35.5. The summed E-state index contributed by atoms with van der Waals surface area (Å²) >= 11 is 7.38. The van der Waals surface area contributed by atoms with E-state index in [1.54, 1.807) is 6.92 Å². The van der Waals surface area contributed by atoms with Crippen LogP contribution in [0.2, 0.25) is 0 Å². The molecule has 0 saturated heterocycles. The maximum atomic E-state index is 14.6. The summed E-state index contributed by atoms with van der Waals surface area (Å²) in [6.45, 7) is 6.25. The Hall–Kier alpha value is -3.35. The Kier molecular flexibility index (Phi) is 8.20. The van der Waals surface area contributed by atoms with Crippen LogP contribution in [-0.2, 0) is 27.8 Å². The number of allylic oxidation sites excluding steroid dienone is 1. The lowest BCUT2D eigenvalue weighted by Crippen LogP contribution is -2.60. The Morgan fingerprint density at radius 1 is 0.973 bits per heavy atom. The first-order valence-corrected chi connectivity index (χ1v) is 12.8. The van der Waals surface area contributed by atoms with Crippen LogP contribution in [0.5, 0.6) is 5.75 Å². The molecule has 37 heavy (non-hydrogen) atoms. The van der Waals surface area contributed by atoms with Crippen molar-refractivity contribution < 1.29 is 19.1 Å². The number of para-hydroxylation sites is 1. The molecule has 0 saturated carbocycles. The highest BCUT2D eigenvalue weighted by molar-refractivity contribution is 6.25. The molecule has 1 amide bonds. The molecular formula is C30H32ClFN2O3. The molecule has 1 unspecified atom stereocenters. The van der Waals surface area contributed by atoms with Gasteiger partial charge in [0.15, 0.2) is 11.6 Å². The van der Waals surface area contributed by atoms with E-state index in [2.05, 4.69) is 0 Å².